The van der Waals surface area contributed by atoms with Crippen molar-refractivity contribution in [3.63, 3.8) is 0 Å². The summed E-state index contributed by atoms with van der Waals surface area (Å²) in [5.41, 5.74) is 0.352. The molecule has 0 saturated heterocycles. The highest BCUT2D eigenvalue weighted by Crippen LogP contribution is 2.28. The topological polar surface area (TPSA) is 82.2 Å². The van der Waals surface area contributed by atoms with Gasteiger partial charge in [0.1, 0.15) is 5.75 Å². The third kappa shape index (κ3) is 5.31. The summed E-state index contributed by atoms with van der Waals surface area (Å²) < 4.78 is 47.6. The van der Waals surface area contributed by atoms with E-state index in [4.69, 9.17) is 4.42 Å². The quantitative estimate of drug-likeness (QED) is 0.557. The van der Waals surface area contributed by atoms with Crippen molar-refractivity contribution in [3.8, 4) is 17.3 Å². The number of thioether (sulfide) groups is 1. The fourth-order valence-electron chi connectivity index (χ4n) is 2.44. The number of hydrogen-bond donors (Lipinski definition) is 1. The van der Waals surface area contributed by atoms with E-state index < -0.39 is 11.6 Å². The zero-order valence-electron chi connectivity index (χ0n) is 15.4. The number of nitrogens with one attached hydrogen (secondary N) is 1. The second kappa shape index (κ2) is 8.60. The van der Waals surface area contributed by atoms with Gasteiger partial charge in [-0.2, -0.15) is 0 Å². The Bertz CT molecular complexity index is 956. The number of aromatic nitrogens is 3. The molecule has 2 aromatic heterocycles. The summed E-state index contributed by atoms with van der Waals surface area (Å²) >= 11 is 1.21. The van der Waals surface area contributed by atoms with Crippen LogP contribution in [0.4, 0.5) is 18.9 Å². The Morgan fingerprint density at radius 2 is 2.00 bits per heavy atom. The minimum absolute atomic E-state index is 0.329. The molecule has 0 radical (unpaired) electrons. The molecule has 3 aromatic rings. The van der Waals surface area contributed by atoms with Gasteiger partial charge in [-0.3, -0.25) is 9.36 Å². The first-order valence-electron chi connectivity index (χ1n) is 8.57. The van der Waals surface area contributed by atoms with E-state index in [0.717, 1.165) is 12.1 Å². The lowest BCUT2D eigenvalue weighted by atomic mass is 10.3. The summed E-state index contributed by atoms with van der Waals surface area (Å²) in [4.78, 5) is 12.4. The molecule has 29 heavy (non-hydrogen) atoms. The largest absolute Gasteiger partial charge is 0.573 e. The van der Waals surface area contributed by atoms with Crippen LogP contribution in [0.3, 0.4) is 0 Å². The summed E-state index contributed by atoms with van der Waals surface area (Å²) in [7, 11) is 0. The molecule has 11 heteroatoms. The first-order valence-corrected chi connectivity index (χ1v) is 9.45. The molecule has 0 aliphatic carbocycles. The Labute approximate surface area is 168 Å². The lowest BCUT2D eigenvalue weighted by Crippen LogP contribution is -2.23. The van der Waals surface area contributed by atoms with Gasteiger partial charge >= 0.3 is 6.36 Å². The second-order valence-electron chi connectivity index (χ2n) is 5.85. The van der Waals surface area contributed by atoms with Gasteiger partial charge < -0.3 is 14.5 Å². The van der Waals surface area contributed by atoms with Gasteiger partial charge in [0.25, 0.3) is 0 Å². The van der Waals surface area contributed by atoms with E-state index in [0.29, 0.717) is 29.0 Å². The maximum Gasteiger partial charge on any atom is 0.573 e. The standard InChI is InChI=1S/C18H17F3N4O3S/c1-3-25-15(14-5-4-10-27-14)23-24-17(25)29-11(2)16(26)22-12-6-8-13(9-7-12)28-18(19,20)21/h4-11H,3H2,1-2H3,(H,22,26). The Hall–Kier alpha value is -2.95. The molecular formula is C18H17F3N4O3S. The molecular weight excluding hydrogens is 409 g/mol. The van der Waals surface area contributed by atoms with Crippen LogP contribution in [-0.2, 0) is 11.3 Å². The number of furan rings is 1. The average Bonchev–Trinajstić information content (AvgIpc) is 3.31. The van der Waals surface area contributed by atoms with Crippen LogP contribution < -0.4 is 10.1 Å². The van der Waals surface area contributed by atoms with E-state index in [1.807, 2.05) is 11.5 Å². The Kier molecular flexibility index (Phi) is 6.16. The average molecular weight is 426 g/mol. The van der Waals surface area contributed by atoms with Crippen molar-refractivity contribution in [3.05, 3.63) is 42.7 Å². The van der Waals surface area contributed by atoms with Crippen molar-refractivity contribution in [2.75, 3.05) is 5.32 Å². The van der Waals surface area contributed by atoms with Gasteiger partial charge in [-0.1, -0.05) is 11.8 Å². The first-order chi connectivity index (χ1) is 13.8. The fourth-order valence-corrected chi connectivity index (χ4v) is 3.36. The van der Waals surface area contributed by atoms with E-state index in [1.165, 1.54) is 30.2 Å². The van der Waals surface area contributed by atoms with Crippen molar-refractivity contribution in [1.29, 1.82) is 0 Å². The minimum atomic E-state index is -4.76. The van der Waals surface area contributed by atoms with Gasteiger partial charge in [0.05, 0.1) is 11.5 Å². The summed E-state index contributed by atoms with van der Waals surface area (Å²) in [5.74, 6) is 0.446. The van der Waals surface area contributed by atoms with Gasteiger partial charge in [-0.05, 0) is 50.2 Å². The number of ether oxygens (including phenoxy) is 1. The minimum Gasteiger partial charge on any atom is -0.461 e. The van der Waals surface area contributed by atoms with Crippen LogP contribution in [0.5, 0.6) is 5.75 Å². The summed E-state index contributed by atoms with van der Waals surface area (Å²) in [6, 6.07) is 8.44. The molecule has 1 N–H and O–H groups in total. The first kappa shape index (κ1) is 20.8. The van der Waals surface area contributed by atoms with Gasteiger partial charge in [0.2, 0.25) is 5.91 Å². The van der Waals surface area contributed by atoms with Crippen molar-refractivity contribution >= 4 is 23.4 Å². The SMILES string of the molecule is CCn1c(SC(C)C(=O)Nc2ccc(OC(F)(F)F)cc2)nnc1-c1ccco1. The van der Waals surface area contributed by atoms with E-state index in [9.17, 15) is 18.0 Å². The molecule has 7 nitrogen and oxygen atoms in total. The molecule has 1 amide bonds. The van der Waals surface area contributed by atoms with Crippen LogP contribution in [0.15, 0.2) is 52.2 Å². The number of nitrogens with zero attached hydrogens (tertiary/aromatic N) is 3. The smallest absolute Gasteiger partial charge is 0.461 e. The molecule has 1 atom stereocenters. The second-order valence-corrected chi connectivity index (χ2v) is 7.16. The number of hydrogen-bond acceptors (Lipinski definition) is 6. The maximum absolute atomic E-state index is 12.4. The monoisotopic (exact) mass is 426 g/mol. The zero-order chi connectivity index (χ0) is 21.0. The molecule has 0 saturated carbocycles. The summed E-state index contributed by atoms with van der Waals surface area (Å²) in [5, 5.41) is 10.9. The lowest BCUT2D eigenvalue weighted by molar-refractivity contribution is -0.274. The van der Waals surface area contributed by atoms with Crippen molar-refractivity contribution in [1.82, 2.24) is 14.8 Å². The molecule has 0 bridgehead atoms. The number of carbonyl (C=O) groups is 1. The fraction of sp³-hybridized carbons (Fsp3) is 0.278. The van der Waals surface area contributed by atoms with Crippen LogP contribution in [0.2, 0.25) is 0 Å². The molecule has 0 aliphatic rings. The third-order valence-corrected chi connectivity index (χ3v) is 4.86. The van der Waals surface area contributed by atoms with Crippen LogP contribution in [0.25, 0.3) is 11.6 Å². The van der Waals surface area contributed by atoms with Crippen LogP contribution in [0.1, 0.15) is 13.8 Å². The molecule has 2 heterocycles. The van der Waals surface area contributed by atoms with E-state index in [-0.39, 0.29) is 11.7 Å². The van der Waals surface area contributed by atoms with Crippen LogP contribution >= 0.6 is 11.8 Å². The molecule has 0 aliphatic heterocycles. The molecule has 3 rings (SSSR count). The highest BCUT2D eigenvalue weighted by molar-refractivity contribution is 8.00. The van der Waals surface area contributed by atoms with Crippen molar-refractivity contribution in [2.24, 2.45) is 0 Å². The molecule has 1 aromatic carbocycles. The highest BCUT2D eigenvalue weighted by atomic mass is 32.2. The molecule has 154 valence electrons. The van der Waals surface area contributed by atoms with Gasteiger partial charge in [-0.15, -0.1) is 23.4 Å². The number of rotatable bonds is 7. The van der Waals surface area contributed by atoms with Gasteiger partial charge in [-0.25, -0.2) is 0 Å². The van der Waals surface area contributed by atoms with E-state index in [2.05, 4.69) is 20.3 Å². The predicted molar refractivity (Wildman–Crippen MR) is 100 cm³/mol. The summed E-state index contributed by atoms with van der Waals surface area (Å²) in [6.45, 7) is 4.21. The summed E-state index contributed by atoms with van der Waals surface area (Å²) in [6.07, 6.45) is -3.22. The van der Waals surface area contributed by atoms with E-state index >= 15 is 0 Å². The van der Waals surface area contributed by atoms with Gasteiger partial charge in [0.15, 0.2) is 16.7 Å². The predicted octanol–water partition coefficient (Wildman–Crippen LogP) is 4.58. The number of alkyl halides is 3. The number of carbonyl (C=O) groups excluding carboxylic acids is 1. The van der Waals surface area contributed by atoms with Crippen LogP contribution in [-0.4, -0.2) is 32.3 Å². The Morgan fingerprint density at radius 1 is 1.28 bits per heavy atom. The lowest BCUT2D eigenvalue weighted by Gasteiger charge is -2.13. The van der Waals surface area contributed by atoms with Crippen LogP contribution in [0, 0.1) is 0 Å². The van der Waals surface area contributed by atoms with Gasteiger partial charge in [0, 0.05) is 12.2 Å². The molecule has 1 unspecified atom stereocenters. The number of halogens is 3. The third-order valence-electron chi connectivity index (χ3n) is 3.78. The van der Waals surface area contributed by atoms with E-state index in [1.54, 1.807) is 19.1 Å². The van der Waals surface area contributed by atoms with Crippen molar-refractivity contribution in [2.45, 2.75) is 37.2 Å². The molecule has 0 fully saturated rings. The molecule has 0 spiro atoms. The Balaban J connectivity index is 1.64. The van der Waals surface area contributed by atoms with Crippen molar-refractivity contribution < 1.29 is 27.1 Å². The highest BCUT2D eigenvalue weighted by Gasteiger charge is 2.31. The normalized spacial score (nSPS) is 12.6. The number of benzene rings is 1. The number of anilines is 1. The maximum atomic E-state index is 12.4. The zero-order valence-corrected chi connectivity index (χ0v) is 16.3. The number of amides is 1. The Morgan fingerprint density at radius 3 is 2.59 bits per heavy atom.